The van der Waals surface area contributed by atoms with Gasteiger partial charge in [0.15, 0.2) is 0 Å². The summed E-state index contributed by atoms with van der Waals surface area (Å²) in [4.78, 5) is 19.2. The number of aryl methyl sites for hydroxylation is 2. The van der Waals surface area contributed by atoms with E-state index in [1.165, 1.54) is 29.2 Å². The van der Waals surface area contributed by atoms with Gasteiger partial charge < -0.3 is 10.2 Å². The second kappa shape index (κ2) is 9.80. The standard InChI is InChI=1S/C23H27FN4OS/c1-15(2)28(12-11-22(29)25-20-10-5-16(3)17(4)13-20)23-26-21(27-30-23)14-18-6-8-19(24)9-7-18/h5-10,13,15H,11-12,14H2,1-4H3,(H,25,29). The molecule has 0 aliphatic rings. The summed E-state index contributed by atoms with van der Waals surface area (Å²) in [6.07, 6.45) is 0.911. The number of halogens is 1. The lowest BCUT2D eigenvalue weighted by molar-refractivity contribution is -0.116. The largest absolute Gasteiger partial charge is 0.344 e. The number of carbonyl (C=O) groups is 1. The van der Waals surface area contributed by atoms with E-state index in [4.69, 9.17) is 0 Å². The van der Waals surface area contributed by atoms with E-state index in [0.717, 1.165) is 21.9 Å². The maximum Gasteiger partial charge on any atom is 0.226 e. The van der Waals surface area contributed by atoms with Gasteiger partial charge in [0, 0.05) is 42.6 Å². The molecule has 1 amide bonds. The zero-order valence-electron chi connectivity index (χ0n) is 17.8. The van der Waals surface area contributed by atoms with Crippen LogP contribution in [0.15, 0.2) is 42.5 Å². The Kier molecular flexibility index (Phi) is 7.15. The van der Waals surface area contributed by atoms with Crippen molar-refractivity contribution in [3.05, 3.63) is 70.8 Å². The zero-order chi connectivity index (χ0) is 21.7. The van der Waals surface area contributed by atoms with Crippen molar-refractivity contribution < 1.29 is 9.18 Å². The van der Waals surface area contributed by atoms with Crippen LogP contribution >= 0.6 is 11.5 Å². The van der Waals surface area contributed by atoms with Gasteiger partial charge in [0.1, 0.15) is 11.6 Å². The molecule has 1 heterocycles. The molecule has 1 aromatic heterocycles. The molecule has 3 aromatic rings. The molecule has 0 fully saturated rings. The molecule has 158 valence electrons. The predicted octanol–water partition coefficient (Wildman–Crippen LogP) is 5.13. The quantitative estimate of drug-likeness (QED) is 0.543. The maximum absolute atomic E-state index is 13.1. The first kappa shape index (κ1) is 21.9. The average molecular weight is 427 g/mol. The molecule has 1 N–H and O–H groups in total. The molecule has 0 aliphatic carbocycles. The van der Waals surface area contributed by atoms with Gasteiger partial charge in [-0.3, -0.25) is 4.79 Å². The lowest BCUT2D eigenvalue weighted by atomic mass is 10.1. The van der Waals surface area contributed by atoms with Gasteiger partial charge in [-0.1, -0.05) is 18.2 Å². The van der Waals surface area contributed by atoms with Crippen LogP contribution in [-0.4, -0.2) is 27.9 Å². The zero-order valence-corrected chi connectivity index (χ0v) is 18.6. The molecule has 0 saturated heterocycles. The number of nitrogens with zero attached hydrogens (tertiary/aromatic N) is 3. The third-order valence-electron chi connectivity index (χ3n) is 4.97. The Balaban J connectivity index is 1.60. The third kappa shape index (κ3) is 5.86. The van der Waals surface area contributed by atoms with Crippen molar-refractivity contribution in [2.45, 2.75) is 46.6 Å². The Bertz CT molecular complexity index is 1000. The molecule has 0 spiro atoms. The SMILES string of the molecule is Cc1ccc(NC(=O)CCN(c2nc(Cc3ccc(F)cc3)ns2)C(C)C)cc1C. The van der Waals surface area contributed by atoms with Gasteiger partial charge in [-0.2, -0.15) is 4.37 Å². The number of nitrogens with one attached hydrogen (secondary N) is 1. The van der Waals surface area contributed by atoms with E-state index in [1.54, 1.807) is 12.1 Å². The van der Waals surface area contributed by atoms with Crippen molar-refractivity contribution >= 4 is 28.3 Å². The summed E-state index contributed by atoms with van der Waals surface area (Å²) in [6.45, 7) is 8.78. The van der Waals surface area contributed by atoms with Gasteiger partial charge >= 0.3 is 0 Å². The fourth-order valence-electron chi connectivity index (χ4n) is 3.06. The van der Waals surface area contributed by atoms with Crippen LogP contribution in [0.25, 0.3) is 0 Å². The second-order valence-electron chi connectivity index (χ2n) is 7.68. The summed E-state index contributed by atoms with van der Waals surface area (Å²) in [5.41, 5.74) is 4.13. The van der Waals surface area contributed by atoms with E-state index >= 15 is 0 Å². The Morgan fingerprint density at radius 2 is 1.87 bits per heavy atom. The van der Waals surface area contributed by atoms with E-state index in [0.29, 0.717) is 25.2 Å². The number of benzene rings is 2. The highest BCUT2D eigenvalue weighted by molar-refractivity contribution is 7.09. The maximum atomic E-state index is 13.1. The number of anilines is 2. The molecule has 7 heteroatoms. The minimum atomic E-state index is -0.254. The van der Waals surface area contributed by atoms with E-state index < -0.39 is 0 Å². The Labute approximate surface area is 181 Å². The highest BCUT2D eigenvalue weighted by Crippen LogP contribution is 2.22. The number of carbonyl (C=O) groups excluding carboxylic acids is 1. The smallest absolute Gasteiger partial charge is 0.226 e. The van der Waals surface area contributed by atoms with Gasteiger partial charge in [0.2, 0.25) is 11.0 Å². The van der Waals surface area contributed by atoms with Crippen molar-refractivity contribution in [1.82, 2.24) is 9.36 Å². The second-order valence-corrected chi connectivity index (χ2v) is 8.41. The van der Waals surface area contributed by atoms with Crippen LogP contribution in [0.2, 0.25) is 0 Å². The number of hydrogen-bond donors (Lipinski definition) is 1. The summed E-state index contributed by atoms with van der Waals surface area (Å²) in [5.74, 6) is 0.419. The molecule has 0 saturated carbocycles. The molecule has 0 bridgehead atoms. The molecular weight excluding hydrogens is 399 g/mol. The molecule has 3 rings (SSSR count). The highest BCUT2D eigenvalue weighted by atomic mass is 32.1. The number of rotatable bonds is 8. The number of hydrogen-bond acceptors (Lipinski definition) is 5. The molecule has 0 aliphatic heterocycles. The fourth-order valence-corrected chi connectivity index (χ4v) is 3.90. The van der Waals surface area contributed by atoms with Crippen LogP contribution in [0.3, 0.4) is 0 Å². The minimum absolute atomic E-state index is 0.0278. The Hall–Kier alpha value is -2.80. The van der Waals surface area contributed by atoms with Crippen LogP contribution in [0.5, 0.6) is 0 Å². The van der Waals surface area contributed by atoms with Gasteiger partial charge in [-0.25, -0.2) is 9.37 Å². The summed E-state index contributed by atoms with van der Waals surface area (Å²) in [5, 5.41) is 3.76. The van der Waals surface area contributed by atoms with Gasteiger partial charge in [-0.05, 0) is 68.7 Å². The van der Waals surface area contributed by atoms with Crippen LogP contribution in [0.1, 0.15) is 42.8 Å². The van der Waals surface area contributed by atoms with E-state index in [-0.39, 0.29) is 17.8 Å². The fraction of sp³-hybridized carbons (Fsp3) is 0.348. The first-order valence-corrected chi connectivity index (χ1v) is 10.8. The Morgan fingerprint density at radius 1 is 1.13 bits per heavy atom. The van der Waals surface area contributed by atoms with Crippen LogP contribution < -0.4 is 10.2 Å². The van der Waals surface area contributed by atoms with Gasteiger partial charge in [-0.15, -0.1) is 0 Å². The number of aromatic nitrogens is 2. The molecule has 30 heavy (non-hydrogen) atoms. The molecule has 0 atom stereocenters. The summed E-state index contributed by atoms with van der Waals surface area (Å²) >= 11 is 1.33. The number of amides is 1. The third-order valence-corrected chi connectivity index (χ3v) is 5.76. The van der Waals surface area contributed by atoms with Crippen LogP contribution in [0.4, 0.5) is 15.2 Å². The lowest BCUT2D eigenvalue weighted by Gasteiger charge is -2.25. The lowest BCUT2D eigenvalue weighted by Crippen LogP contribution is -2.33. The van der Waals surface area contributed by atoms with Gasteiger partial charge in [0.05, 0.1) is 0 Å². The predicted molar refractivity (Wildman–Crippen MR) is 121 cm³/mol. The van der Waals surface area contributed by atoms with Crippen LogP contribution in [0, 0.1) is 19.7 Å². The van der Waals surface area contributed by atoms with Gasteiger partial charge in [0.25, 0.3) is 0 Å². The highest BCUT2D eigenvalue weighted by Gasteiger charge is 2.17. The van der Waals surface area contributed by atoms with Crippen molar-refractivity contribution in [3.8, 4) is 0 Å². The average Bonchev–Trinajstić information content (AvgIpc) is 3.14. The van der Waals surface area contributed by atoms with E-state index in [1.807, 2.05) is 32.0 Å². The van der Waals surface area contributed by atoms with Crippen molar-refractivity contribution in [3.63, 3.8) is 0 Å². The van der Waals surface area contributed by atoms with Crippen molar-refractivity contribution in [1.29, 1.82) is 0 Å². The van der Waals surface area contributed by atoms with Crippen LogP contribution in [-0.2, 0) is 11.2 Å². The summed E-state index contributed by atoms with van der Waals surface area (Å²) < 4.78 is 17.5. The molecular formula is C23H27FN4OS. The monoisotopic (exact) mass is 426 g/mol. The Morgan fingerprint density at radius 3 is 2.53 bits per heavy atom. The molecule has 0 radical (unpaired) electrons. The molecule has 2 aromatic carbocycles. The first-order valence-electron chi connectivity index (χ1n) is 10.0. The first-order chi connectivity index (χ1) is 14.3. The molecule has 5 nitrogen and oxygen atoms in total. The molecule has 0 unspecified atom stereocenters. The van der Waals surface area contributed by atoms with E-state index in [9.17, 15) is 9.18 Å². The van der Waals surface area contributed by atoms with Crippen molar-refractivity contribution in [2.24, 2.45) is 0 Å². The van der Waals surface area contributed by atoms with Crippen molar-refractivity contribution in [2.75, 3.05) is 16.8 Å². The summed E-state index contributed by atoms with van der Waals surface area (Å²) in [6, 6.07) is 12.5. The van der Waals surface area contributed by atoms with E-state index in [2.05, 4.69) is 33.4 Å². The normalized spacial score (nSPS) is 11.0. The summed E-state index contributed by atoms with van der Waals surface area (Å²) in [7, 11) is 0. The topological polar surface area (TPSA) is 58.1 Å². The minimum Gasteiger partial charge on any atom is -0.344 e.